The molecule has 0 radical (unpaired) electrons. The maximum absolute atomic E-state index is 11.3. The van der Waals surface area contributed by atoms with E-state index >= 15 is 0 Å². The van der Waals surface area contributed by atoms with E-state index in [1.165, 1.54) is 44.9 Å². The molecular weight excluding hydrogens is 278 g/mol. The lowest BCUT2D eigenvalue weighted by Gasteiger charge is -2.02. The highest BCUT2D eigenvalue weighted by Crippen LogP contribution is 2.08. The highest BCUT2D eigenvalue weighted by molar-refractivity contribution is 5.80. The van der Waals surface area contributed by atoms with Gasteiger partial charge in [-0.25, -0.2) is 0 Å². The van der Waals surface area contributed by atoms with Crippen LogP contribution in [0.4, 0.5) is 0 Å². The molecule has 4 heteroatoms. The lowest BCUT2D eigenvalue weighted by molar-refractivity contribution is -0.137. The first-order valence-corrected chi connectivity index (χ1v) is 8.80. The summed E-state index contributed by atoms with van der Waals surface area (Å²) in [6, 6.07) is 0. The molecule has 2 N–H and O–H groups in total. The maximum Gasteiger partial charge on any atom is 0.322 e. The van der Waals surface area contributed by atoms with Crippen LogP contribution in [0.2, 0.25) is 0 Å². The summed E-state index contributed by atoms with van der Waals surface area (Å²) in [7, 11) is 0. The first-order chi connectivity index (χ1) is 10.7. The van der Waals surface area contributed by atoms with Crippen molar-refractivity contribution in [3.63, 3.8) is 0 Å². The van der Waals surface area contributed by atoms with Gasteiger partial charge in [0.25, 0.3) is 0 Å². The lowest BCUT2D eigenvalue weighted by Crippen LogP contribution is -2.28. The van der Waals surface area contributed by atoms with Crippen LogP contribution in [-0.2, 0) is 9.59 Å². The van der Waals surface area contributed by atoms with Gasteiger partial charge in [-0.05, 0) is 32.1 Å². The Bertz CT molecular complexity index is 313. The van der Waals surface area contributed by atoms with Crippen molar-refractivity contribution in [3.8, 4) is 0 Å². The molecule has 0 rings (SSSR count). The number of amides is 1. The molecule has 0 aliphatic heterocycles. The van der Waals surface area contributed by atoms with E-state index in [0.717, 1.165) is 25.7 Å². The topological polar surface area (TPSA) is 66.4 Å². The number of hydrogen-bond donors (Lipinski definition) is 2. The quantitative estimate of drug-likeness (QED) is 0.347. The number of aliphatic carboxylic acids is 1. The fourth-order valence-corrected chi connectivity index (χ4v) is 2.27. The zero-order chi connectivity index (χ0) is 16.5. The summed E-state index contributed by atoms with van der Waals surface area (Å²) >= 11 is 0. The van der Waals surface area contributed by atoms with Gasteiger partial charge in [-0.1, -0.05) is 57.6 Å². The molecule has 0 saturated heterocycles. The smallest absolute Gasteiger partial charge is 0.322 e. The van der Waals surface area contributed by atoms with Crippen LogP contribution >= 0.6 is 0 Å². The van der Waals surface area contributed by atoms with Gasteiger partial charge >= 0.3 is 5.97 Å². The largest absolute Gasteiger partial charge is 0.480 e. The zero-order valence-corrected chi connectivity index (χ0v) is 14.1. The van der Waals surface area contributed by atoms with Crippen LogP contribution in [-0.4, -0.2) is 23.5 Å². The van der Waals surface area contributed by atoms with Gasteiger partial charge in [-0.3, -0.25) is 9.59 Å². The minimum absolute atomic E-state index is 0.159. The van der Waals surface area contributed by atoms with Crippen LogP contribution < -0.4 is 5.32 Å². The SMILES string of the molecule is CCCCCC/C=C\CCCCCCCC(=O)NCC(=O)O. The summed E-state index contributed by atoms with van der Waals surface area (Å²) < 4.78 is 0. The fraction of sp³-hybridized carbons (Fsp3) is 0.778. The van der Waals surface area contributed by atoms with Crippen LogP contribution in [0.15, 0.2) is 12.2 Å². The summed E-state index contributed by atoms with van der Waals surface area (Å²) in [6.07, 6.45) is 18.2. The summed E-state index contributed by atoms with van der Waals surface area (Å²) in [4.78, 5) is 21.5. The average molecular weight is 311 g/mol. The van der Waals surface area contributed by atoms with Crippen LogP contribution in [0, 0.1) is 0 Å². The van der Waals surface area contributed by atoms with E-state index in [1.54, 1.807) is 0 Å². The van der Waals surface area contributed by atoms with Crippen molar-refractivity contribution >= 4 is 11.9 Å². The molecule has 0 heterocycles. The van der Waals surface area contributed by atoms with E-state index in [9.17, 15) is 9.59 Å². The standard InChI is InChI=1S/C18H33NO3/c1-2-3-4-5-6-7-8-9-10-11-12-13-14-15-17(20)19-16-18(21)22/h7-8H,2-6,9-16H2,1H3,(H,19,20)(H,21,22)/b8-7-. The second-order valence-corrected chi connectivity index (χ2v) is 5.80. The minimum atomic E-state index is -0.994. The normalized spacial score (nSPS) is 11.0. The molecule has 0 saturated carbocycles. The molecule has 0 aromatic carbocycles. The zero-order valence-electron chi connectivity index (χ0n) is 14.1. The van der Waals surface area contributed by atoms with Gasteiger partial charge in [0.05, 0.1) is 0 Å². The summed E-state index contributed by atoms with van der Waals surface area (Å²) in [6.45, 7) is 1.96. The van der Waals surface area contributed by atoms with E-state index in [1.807, 2.05) is 0 Å². The predicted molar refractivity (Wildman–Crippen MR) is 90.9 cm³/mol. The Balaban J connectivity index is 3.21. The van der Waals surface area contributed by atoms with E-state index in [4.69, 9.17) is 5.11 Å². The van der Waals surface area contributed by atoms with Crippen molar-refractivity contribution in [2.45, 2.75) is 84.0 Å². The van der Waals surface area contributed by atoms with Gasteiger partial charge < -0.3 is 10.4 Å². The Morgan fingerprint density at radius 2 is 1.41 bits per heavy atom. The first kappa shape index (κ1) is 20.7. The van der Waals surface area contributed by atoms with Crippen molar-refractivity contribution in [3.05, 3.63) is 12.2 Å². The summed E-state index contributed by atoms with van der Waals surface area (Å²) in [5.74, 6) is -1.15. The molecule has 0 aromatic rings. The van der Waals surface area contributed by atoms with Crippen molar-refractivity contribution in [1.29, 1.82) is 0 Å². The Hall–Kier alpha value is -1.32. The van der Waals surface area contributed by atoms with Gasteiger partial charge in [0, 0.05) is 6.42 Å². The van der Waals surface area contributed by atoms with Crippen LogP contribution in [0.5, 0.6) is 0 Å². The number of allylic oxidation sites excluding steroid dienone is 2. The number of carboxylic acid groups (broad SMARTS) is 1. The van der Waals surface area contributed by atoms with Gasteiger partial charge in [0.2, 0.25) is 5.91 Å². The van der Waals surface area contributed by atoms with Crippen molar-refractivity contribution in [2.75, 3.05) is 6.54 Å². The Labute approximate surface area is 135 Å². The molecule has 0 spiro atoms. The first-order valence-electron chi connectivity index (χ1n) is 8.80. The number of unbranched alkanes of at least 4 members (excludes halogenated alkanes) is 9. The molecular formula is C18H33NO3. The lowest BCUT2D eigenvalue weighted by atomic mass is 10.1. The fourth-order valence-electron chi connectivity index (χ4n) is 2.27. The molecule has 0 aromatic heterocycles. The number of carboxylic acids is 1. The molecule has 128 valence electrons. The third-order valence-corrected chi connectivity index (χ3v) is 3.60. The highest BCUT2D eigenvalue weighted by atomic mass is 16.4. The van der Waals surface area contributed by atoms with E-state index in [-0.39, 0.29) is 12.5 Å². The molecule has 0 fully saturated rings. The Morgan fingerprint density at radius 1 is 0.864 bits per heavy atom. The molecule has 0 aliphatic carbocycles. The highest BCUT2D eigenvalue weighted by Gasteiger charge is 2.02. The third kappa shape index (κ3) is 16.7. The van der Waals surface area contributed by atoms with Crippen LogP contribution in [0.3, 0.4) is 0 Å². The van der Waals surface area contributed by atoms with Gasteiger partial charge in [0.1, 0.15) is 6.54 Å². The van der Waals surface area contributed by atoms with E-state index < -0.39 is 5.97 Å². The molecule has 0 unspecified atom stereocenters. The second kappa shape index (κ2) is 16.1. The van der Waals surface area contributed by atoms with Crippen LogP contribution in [0.25, 0.3) is 0 Å². The Morgan fingerprint density at radius 3 is 2.00 bits per heavy atom. The number of carbonyl (C=O) groups excluding carboxylic acids is 1. The predicted octanol–water partition coefficient (Wildman–Crippen LogP) is 4.44. The Kier molecular flexibility index (Phi) is 15.1. The van der Waals surface area contributed by atoms with Gasteiger partial charge in [-0.15, -0.1) is 0 Å². The molecule has 0 bridgehead atoms. The molecule has 0 atom stereocenters. The average Bonchev–Trinajstić information content (AvgIpc) is 2.49. The number of hydrogen-bond acceptors (Lipinski definition) is 2. The molecule has 4 nitrogen and oxygen atoms in total. The third-order valence-electron chi connectivity index (χ3n) is 3.60. The van der Waals surface area contributed by atoms with E-state index in [0.29, 0.717) is 6.42 Å². The minimum Gasteiger partial charge on any atom is -0.480 e. The molecule has 1 amide bonds. The second-order valence-electron chi connectivity index (χ2n) is 5.80. The van der Waals surface area contributed by atoms with Gasteiger partial charge in [0.15, 0.2) is 0 Å². The van der Waals surface area contributed by atoms with Gasteiger partial charge in [-0.2, -0.15) is 0 Å². The van der Waals surface area contributed by atoms with E-state index in [2.05, 4.69) is 24.4 Å². The molecule has 22 heavy (non-hydrogen) atoms. The monoisotopic (exact) mass is 311 g/mol. The number of rotatable bonds is 15. The van der Waals surface area contributed by atoms with Crippen molar-refractivity contribution in [1.82, 2.24) is 5.32 Å². The summed E-state index contributed by atoms with van der Waals surface area (Å²) in [5, 5.41) is 10.8. The molecule has 0 aliphatic rings. The van der Waals surface area contributed by atoms with Crippen molar-refractivity contribution < 1.29 is 14.7 Å². The number of carbonyl (C=O) groups is 2. The maximum atomic E-state index is 11.3. The summed E-state index contributed by atoms with van der Waals surface area (Å²) in [5.41, 5.74) is 0. The number of nitrogens with one attached hydrogen (secondary N) is 1. The van der Waals surface area contributed by atoms with Crippen molar-refractivity contribution in [2.24, 2.45) is 0 Å². The van der Waals surface area contributed by atoms with Crippen LogP contribution in [0.1, 0.15) is 84.0 Å².